The number of halogens is 4. The summed E-state index contributed by atoms with van der Waals surface area (Å²) in [5.74, 6) is -0.377. The number of benzene rings is 1. The summed E-state index contributed by atoms with van der Waals surface area (Å²) in [6.07, 6.45) is -3.92. The van der Waals surface area contributed by atoms with E-state index in [9.17, 15) is 18.0 Å². The lowest BCUT2D eigenvalue weighted by Crippen LogP contribution is -2.33. The molecule has 1 unspecified atom stereocenters. The van der Waals surface area contributed by atoms with Crippen LogP contribution in [0.25, 0.3) is 0 Å². The second kappa shape index (κ2) is 7.38. The van der Waals surface area contributed by atoms with E-state index in [4.69, 9.17) is 0 Å². The van der Waals surface area contributed by atoms with Crippen LogP contribution in [0, 0.1) is 6.92 Å². The fourth-order valence-electron chi connectivity index (χ4n) is 2.29. The minimum Gasteiger partial charge on any atom is -0.354 e. The zero-order chi connectivity index (χ0) is 17.9. The van der Waals surface area contributed by atoms with Gasteiger partial charge in [-0.1, -0.05) is 30.3 Å². The van der Waals surface area contributed by atoms with E-state index in [-0.39, 0.29) is 16.1 Å². The average molecular weight is 404 g/mol. The van der Waals surface area contributed by atoms with Gasteiger partial charge in [-0.2, -0.15) is 18.3 Å². The van der Waals surface area contributed by atoms with Crippen molar-refractivity contribution < 1.29 is 18.0 Å². The van der Waals surface area contributed by atoms with Gasteiger partial charge in [-0.25, -0.2) is 0 Å². The molecule has 0 aliphatic carbocycles. The molecule has 0 fully saturated rings. The van der Waals surface area contributed by atoms with Crippen LogP contribution in [0.1, 0.15) is 29.9 Å². The van der Waals surface area contributed by atoms with Crippen molar-refractivity contribution in [1.29, 1.82) is 0 Å². The molecule has 0 saturated carbocycles. The summed E-state index contributed by atoms with van der Waals surface area (Å²) in [5.41, 5.74) is 0.305. The Bertz CT molecular complexity index is 713. The van der Waals surface area contributed by atoms with Crippen LogP contribution in [0.3, 0.4) is 0 Å². The summed E-state index contributed by atoms with van der Waals surface area (Å²) in [7, 11) is 0. The summed E-state index contributed by atoms with van der Waals surface area (Å²) < 4.78 is 39.6. The molecule has 0 saturated heterocycles. The van der Waals surface area contributed by atoms with Crippen molar-refractivity contribution in [3.05, 3.63) is 51.8 Å². The van der Waals surface area contributed by atoms with E-state index in [1.54, 1.807) is 0 Å². The Kier molecular flexibility index (Phi) is 5.69. The van der Waals surface area contributed by atoms with Gasteiger partial charge in [0.15, 0.2) is 5.69 Å². The second-order valence-corrected chi connectivity index (χ2v) is 6.19. The highest BCUT2D eigenvalue weighted by molar-refractivity contribution is 9.10. The summed E-state index contributed by atoms with van der Waals surface area (Å²) in [6, 6.07) is 8.76. The lowest BCUT2D eigenvalue weighted by Gasteiger charge is -2.14. The maximum Gasteiger partial charge on any atom is 0.436 e. The number of carbonyl (C=O) groups excluding carboxylic acids is 1. The highest BCUT2D eigenvalue weighted by Crippen LogP contribution is 2.36. The van der Waals surface area contributed by atoms with Gasteiger partial charge < -0.3 is 5.32 Å². The van der Waals surface area contributed by atoms with Gasteiger partial charge in [-0.05, 0) is 41.8 Å². The molecule has 1 amide bonds. The fraction of sp³-hybridized carbons (Fsp3) is 0.375. The van der Waals surface area contributed by atoms with Crippen molar-refractivity contribution in [2.75, 3.05) is 6.54 Å². The Morgan fingerprint density at radius 3 is 2.50 bits per heavy atom. The highest BCUT2D eigenvalue weighted by Gasteiger charge is 2.38. The van der Waals surface area contributed by atoms with Crippen LogP contribution in [-0.2, 0) is 17.4 Å². The first-order valence-electron chi connectivity index (χ1n) is 7.35. The number of nitrogens with one attached hydrogen (secondary N) is 1. The van der Waals surface area contributed by atoms with Crippen molar-refractivity contribution in [2.24, 2.45) is 0 Å². The molecule has 0 spiro atoms. The topological polar surface area (TPSA) is 46.9 Å². The van der Waals surface area contributed by atoms with Crippen molar-refractivity contribution >= 4 is 21.8 Å². The zero-order valence-corrected chi connectivity index (χ0v) is 14.8. The standard InChI is InChI=1S/C16H17BrF3N3O/c1-10-13(17)14(16(18,19)20)22-23(10)11(2)15(24)21-9-8-12-6-4-3-5-7-12/h3-7,11H,8-9H2,1-2H3,(H,21,24). The van der Waals surface area contributed by atoms with Crippen molar-refractivity contribution in [3.8, 4) is 0 Å². The van der Waals surface area contributed by atoms with Crippen LogP contribution in [0.5, 0.6) is 0 Å². The maximum atomic E-state index is 12.9. The summed E-state index contributed by atoms with van der Waals surface area (Å²) in [5, 5.41) is 6.28. The smallest absolute Gasteiger partial charge is 0.354 e. The molecule has 0 bridgehead atoms. The molecule has 2 aromatic rings. The Labute approximate surface area is 146 Å². The Morgan fingerprint density at radius 2 is 1.96 bits per heavy atom. The molecule has 1 atom stereocenters. The van der Waals surface area contributed by atoms with Gasteiger partial charge in [0.25, 0.3) is 0 Å². The minimum absolute atomic E-state index is 0.140. The summed E-state index contributed by atoms with van der Waals surface area (Å²) in [4.78, 5) is 12.2. The van der Waals surface area contributed by atoms with Gasteiger partial charge in [0, 0.05) is 6.54 Å². The average Bonchev–Trinajstić information content (AvgIpc) is 2.83. The first-order valence-corrected chi connectivity index (χ1v) is 8.14. The first kappa shape index (κ1) is 18.5. The van der Waals surface area contributed by atoms with Crippen LogP contribution >= 0.6 is 15.9 Å². The molecule has 0 aliphatic heterocycles. The number of aromatic nitrogens is 2. The van der Waals surface area contributed by atoms with E-state index in [1.165, 1.54) is 13.8 Å². The van der Waals surface area contributed by atoms with Gasteiger partial charge in [0.05, 0.1) is 10.2 Å². The molecule has 1 aromatic carbocycles. The van der Waals surface area contributed by atoms with Gasteiger partial charge in [-0.15, -0.1) is 0 Å². The minimum atomic E-state index is -4.57. The third-order valence-electron chi connectivity index (χ3n) is 3.65. The normalized spacial score (nSPS) is 12.9. The van der Waals surface area contributed by atoms with Gasteiger partial charge >= 0.3 is 6.18 Å². The lowest BCUT2D eigenvalue weighted by molar-refractivity contribution is -0.142. The second-order valence-electron chi connectivity index (χ2n) is 5.39. The number of nitrogens with zero attached hydrogens (tertiary/aromatic N) is 2. The number of hydrogen-bond donors (Lipinski definition) is 1. The van der Waals surface area contributed by atoms with E-state index < -0.39 is 17.9 Å². The van der Waals surface area contributed by atoms with E-state index in [2.05, 4.69) is 26.3 Å². The first-order chi connectivity index (χ1) is 11.2. The number of hydrogen-bond acceptors (Lipinski definition) is 2. The van der Waals surface area contributed by atoms with E-state index in [0.29, 0.717) is 13.0 Å². The predicted octanol–water partition coefficient (Wildman–Crippen LogP) is 3.89. The SMILES string of the molecule is Cc1c(Br)c(C(F)(F)F)nn1C(C)C(=O)NCCc1ccccc1. The van der Waals surface area contributed by atoms with Crippen LogP contribution in [-0.4, -0.2) is 22.2 Å². The molecule has 0 aliphatic rings. The van der Waals surface area contributed by atoms with Gasteiger partial charge in [0.2, 0.25) is 5.91 Å². The van der Waals surface area contributed by atoms with Crippen LogP contribution in [0.4, 0.5) is 13.2 Å². The third kappa shape index (κ3) is 4.17. The molecule has 2 rings (SSSR count). The molecule has 130 valence electrons. The van der Waals surface area contributed by atoms with Crippen LogP contribution < -0.4 is 5.32 Å². The molecule has 8 heteroatoms. The zero-order valence-electron chi connectivity index (χ0n) is 13.2. The summed E-state index contributed by atoms with van der Waals surface area (Å²) >= 11 is 2.90. The van der Waals surface area contributed by atoms with Crippen LogP contribution in [0.15, 0.2) is 34.8 Å². The molecule has 4 nitrogen and oxygen atoms in total. The molecule has 0 radical (unpaired) electrons. The maximum absolute atomic E-state index is 12.9. The molecule has 1 N–H and O–H groups in total. The highest BCUT2D eigenvalue weighted by atomic mass is 79.9. The van der Waals surface area contributed by atoms with Crippen LogP contribution in [0.2, 0.25) is 0 Å². The van der Waals surface area contributed by atoms with Crippen molar-refractivity contribution in [3.63, 3.8) is 0 Å². The number of carbonyl (C=O) groups is 1. The largest absolute Gasteiger partial charge is 0.436 e. The van der Waals surface area contributed by atoms with E-state index >= 15 is 0 Å². The Morgan fingerprint density at radius 1 is 1.33 bits per heavy atom. The molecular formula is C16H17BrF3N3O. The Balaban J connectivity index is 2.03. The van der Waals surface area contributed by atoms with Gasteiger partial charge in [-0.3, -0.25) is 9.48 Å². The van der Waals surface area contributed by atoms with E-state index in [0.717, 1.165) is 10.2 Å². The Hall–Kier alpha value is -1.83. The molecular weight excluding hydrogens is 387 g/mol. The lowest BCUT2D eigenvalue weighted by atomic mass is 10.1. The number of rotatable bonds is 5. The monoisotopic (exact) mass is 403 g/mol. The molecule has 1 aromatic heterocycles. The number of amides is 1. The third-order valence-corrected chi connectivity index (χ3v) is 4.60. The molecule has 24 heavy (non-hydrogen) atoms. The van der Waals surface area contributed by atoms with Crippen molar-refractivity contribution in [2.45, 2.75) is 32.5 Å². The summed E-state index contributed by atoms with van der Waals surface area (Å²) in [6.45, 7) is 3.41. The quantitative estimate of drug-likeness (QED) is 0.822. The van der Waals surface area contributed by atoms with Crippen molar-refractivity contribution in [1.82, 2.24) is 15.1 Å². The van der Waals surface area contributed by atoms with Gasteiger partial charge in [0.1, 0.15) is 6.04 Å². The predicted molar refractivity (Wildman–Crippen MR) is 87.5 cm³/mol. The van der Waals surface area contributed by atoms with E-state index in [1.807, 2.05) is 30.3 Å². The fourth-order valence-corrected chi connectivity index (χ4v) is 2.78. The number of alkyl halides is 3. The molecule has 1 heterocycles.